The summed E-state index contributed by atoms with van der Waals surface area (Å²) in [5.41, 5.74) is 3.44. The van der Waals surface area contributed by atoms with E-state index in [4.69, 9.17) is 4.74 Å². The largest absolute Gasteiger partial charge is 0.493 e. The summed E-state index contributed by atoms with van der Waals surface area (Å²) >= 11 is 0. The van der Waals surface area contributed by atoms with E-state index in [1.807, 2.05) is 24.3 Å². The zero-order valence-corrected chi connectivity index (χ0v) is 16.3. The van der Waals surface area contributed by atoms with Crippen molar-refractivity contribution < 1.29 is 9.53 Å². The minimum Gasteiger partial charge on any atom is -0.493 e. The first-order valence-corrected chi connectivity index (χ1v) is 9.60. The summed E-state index contributed by atoms with van der Waals surface area (Å²) < 4.78 is 5.73. The van der Waals surface area contributed by atoms with Crippen molar-refractivity contribution in [3.05, 3.63) is 65.2 Å². The molecule has 4 nitrogen and oxygen atoms in total. The molecule has 1 heterocycles. The second kappa shape index (κ2) is 9.25. The molecule has 4 rings (SSSR count). The van der Waals surface area contributed by atoms with Crippen molar-refractivity contribution in [2.24, 2.45) is 5.92 Å². The van der Waals surface area contributed by atoms with E-state index >= 15 is 0 Å². The van der Waals surface area contributed by atoms with Crippen LogP contribution >= 0.6 is 12.4 Å². The summed E-state index contributed by atoms with van der Waals surface area (Å²) in [6.45, 7) is 2.10. The van der Waals surface area contributed by atoms with Crippen LogP contribution < -0.4 is 15.4 Å². The monoisotopic (exact) mass is 386 g/mol. The van der Waals surface area contributed by atoms with Gasteiger partial charge in [0.1, 0.15) is 5.75 Å². The van der Waals surface area contributed by atoms with Crippen LogP contribution in [0.4, 0.5) is 0 Å². The number of benzene rings is 2. The second-order valence-electron chi connectivity index (χ2n) is 7.30. The van der Waals surface area contributed by atoms with E-state index in [1.54, 1.807) is 0 Å². The average Bonchev–Trinajstić information content (AvgIpc) is 3.51. The van der Waals surface area contributed by atoms with E-state index in [0.29, 0.717) is 6.54 Å². The maximum atomic E-state index is 12.5. The molecule has 1 amide bonds. The molecule has 2 aliphatic rings. The lowest BCUT2D eigenvalue weighted by Crippen LogP contribution is -2.37. The lowest BCUT2D eigenvalue weighted by molar-refractivity contribution is -0.120. The zero-order valence-electron chi connectivity index (χ0n) is 15.4. The molecule has 5 heteroatoms. The van der Waals surface area contributed by atoms with Crippen molar-refractivity contribution in [2.75, 3.05) is 19.7 Å². The fourth-order valence-corrected chi connectivity index (χ4v) is 3.49. The topological polar surface area (TPSA) is 50.4 Å². The van der Waals surface area contributed by atoms with E-state index in [2.05, 4.69) is 34.9 Å². The molecule has 1 fully saturated rings. The van der Waals surface area contributed by atoms with E-state index < -0.39 is 0 Å². The molecule has 0 radical (unpaired) electrons. The first-order valence-electron chi connectivity index (χ1n) is 9.60. The van der Waals surface area contributed by atoms with Crippen LogP contribution in [-0.2, 0) is 11.2 Å². The maximum absolute atomic E-state index is 12.5. The molecule has 1 aliphatic heterocycles. The molecule has 0 spiro atoms. The Kier molecular flexibility index (Phi) is 6.75. The van der Waals surface area contributed by atoms with Crippen molar-refractivity contribution >= 4 is 18.3 Å². The fraction of sp³-hybridized carbons (Fsp3) is 0.409. The van der Waals surface area contributed by atoms with Crippen LogP contribution in [0.25, 0.3) is 0 Å². The number of halogens is 1. The molecule has 1 atom stereocenters. The van der Waals surface area contributed by atoms with Crippen molar-refractivity contribution in [3.63, 3.8) is 0 Å². The number of aryl methyl sites for hydroxylation is 1. The summed E-state index contributed by atoms with van der Waals surface area (Å²) in [5, 5.41) is 6.48. The quantitative estimate of drug-likeness (QED) is 0.763. The van der Waals surface area contributed by atoms with Crippen molar-refractivity contribution in [3.8, 4) is 5.75 Å². The maximum Gasteiger partial charge on any atom is 0.234 e. The van der Waals surface area contributed by atoms with Crippen LogP contribution in [0.15, 0.2) is 48.5 Å². The normalized spacial score (nSPS) is 16.4. The highest BCUT2D eigenvalue weighted by molar-refractivity contribution is 5.85. The predicted molar refractivity (Wildman–Crippen MR) is 110 cm³/mol. The van der Waals surface area contributed by atoms with Gasteiger partial charge in [-0.2, -0.15) is 0 Å². The van der Waals surface area contributed by atoms with E-state index in [1.165, 1.54) is 18.4 Å². The Labute approximate surface area is 167 Å². The van der Waals surface area contributed by atoms with Gasteiger partial charge in [-0.25, -0.2) is 0 Å². The van der Waals surface area contributed by atoms with Crippen LogP contribution in [0.5, 0.6) is 5.75 Å². The van der Waals surface area contributed by atoms with Crippen LogP contribution in [0.1, 0.15) is 42.0 Å². The van der Waals surface area contributed by atoms with Gasteiger partial charge in [0.05, 0.1) is 19.2 Å². The van der Waals surface area contributed by atoms with Crippen LogP contribution in [0, 0.1) is 5.92 Å². The standard InChI is InChI=1S/C22H26N2O2.ClH/c25-21(15-23-14-16-8-9-16)24-22(17-5-2-1-3-6-17)19-10-11-20-18(13-19)7-4-12-26-20;/h1-3,5-6,10-11,13,16,22-23H,4,7-9,12,14-15H2,(H,24,25);1H. The van der Waals surface area contributed by atoms with Gasteiger partial charge in [0, 0.05) is 0 Å². The van der Waals surface area contributed by atoms with Gasteiger partial charge in [-0.15, -0.1) is 12.4 Å². The van der Waals surface area contributed by atoms with Crippen molar-refractivity contribution in [1.82, 2.24) is 10.6 Å². The van der Waals surface area contributed by atoms with E-state index in [0.717, 1.165) is 48.8 Å². The Morgan fingerprint density at radius 2 is 1.93 bits per heavy atom. The third kappa shape index (κ3) is 5.24. The van der Waals surface area contributed by atoms with Crippen molar-refractivity contribution in [2.45, 2.75) is 31.7 Å². The summed E-state index contributed by atoms with van der Waals surface area (Å²) in [6.07, 6.45) is 4.66. The van der Waals surface area contributed by atoms with Gasteiger partial charge in [0.15, 0.2) is 0 Å². The van der Waals surface area contributed by atoms with E-state index in [9.17, 15) is 4.79 Å². The number of hydrogen-bond acceptors (Lipinski definition) is 3. The lowest BCUT2D eigenvalue weighted by atomic mass is 9.95. The van der Waals surface area contributed by atoms with Gasteiger partial charge in [0.2, 0.25) is 5.91 Å². The molecule has 0 bridgehead atoms. The smallest absolute Gasteiger partial charge is 0.234 e. The number of fused-ring (bicyclic) bond motifs is 1. The minimum absolute atomic E-state index is 0. The lowest BCUT2D eigenvalue weighted by Gasteiger charge is -2.23. The molecule has 1 unspecified atom stereocenters. The third-order valence-electron chi connectivity index (χ3n) is 5.12. The minimum atomic E-state index is -0.140. The number of amides is 1. The highest BCUT2D eigenvalue weighted by Crippen LogP contribution is 2.30. The summed E-state index contributed by atoms with van der Waals surface area (Å²) in [4.78, 5) is 12.5. The molecular formula is C22H27ClN2O2. The molecule has 2 aromatic rings. The first-order chi connectivity index (χ1) is 12.8. The highest BCUT2D eigenvalue weighted by atomic mass is 35.5. The third-order valence-corrected chi connectivity index (χ3v) is 5.12. The number of carbonyl (C=O) groups excluding carboxylic acids is 1. The molecule has 144 valence electrons. The summed E-state index contributed by atoms with van der Waals surface area (Å²) in [5.74, 6) is 1.78. The van der Waals surface area contributed by atoms with Gasteiger partial charge in [0.25, 0.3) is 0 Å². The number of nitrogens with one attached hydrogen (secondary N) is 2. The Hall–Kier alpha value is -2.04. The number of ether oxygens (including phenoxy) is 1. The van der Waals surface area contributed by atoms with Crippen LogP contribution in [0.2, 0.25) is 0 Å². The summed E-state index contributed by atoms with van der Waals surface area (Å²) in [7, 11) is 0. The Morgan fingerprint density at radius 3 is 2.70 bits per heavy atom. The average molecular weight is 387 g/mol. The Morgan fingerprint density at radius 1 is 1.11 bits per heavy atom. The second-order valence-corrected chi connectivity index (χ2v) is 7.30. The number of carbonyl (C=O) groups is 1. The molecule has 0 saturated heterocycles. The fourth-order valence-electron chi connectivity index (χ4n) is 3.49. The molecular weight excluding hydrogens is 360 g/mol. The summed E-state index contributed by atoms with van der Waals surface area (Å²) in [6, 6.07) is 16.3. The molecule has 1 aliphatic carbocycles. The van der Waals surface area contributed by atoms with Crippen molar-refractivity contribution in [1.29, 1.82) is 0 Å². The molecule has 27 heavy (non-hydrogen) atoms. The van der Waals surface area contributed by atoms with Gasteiger partial charge in [-0.1, -0.05) is 36.4 Å². The van der Waals surface area contributed by atoms with E-state index in [-0.39, 0.29) is 24.4 Å². The SMILES string of the molecule is Cl.O=C(CNCC1CC1)NC(c1ccccc1)c1ccc2c(c1)CCCO2. The molecule has 2 N–H and O–H groups in total. The van der Waals surface area contributed by atoms with Gasteiger partial charge < -0.3 is 15.4 Å². The molecule has 1 saturated carbocycles. The number of hydrogen-bond donors (Lipinski definition) is 2. The van der Waals surface area contributed by atoms with Crippen LogP contribution in [0.3, 0.4) is 0 Å². The Balaban J connectivity index is 0.00000210. The number of rotatable bonds is 7. The van der Waals surface area contributed by atoms with Gasteiger partial charge >= 0.3 is 0 Å². The molecule has 0 aromatic heterocycles. The first kappa shape index (κ1) is 19.7. The van der Waals surface area contributed by atoms with Gasteiger partial charge in [-0.05, 0) is 67.0 Å². The zero-order chi connectivity index (χ0) is 17.8. The van der Waals surface area contributed by atoms with Crippen LogP contribution in [-0.4, -0.2) is 25.6 Å². The van der Waals surface area contributed by atoms with Gasteiger partial charge in [-0.3, -0.25) is 4.79 Å². The molecule has 2 aromatic carbocycles. The highest BCUT2D eigenvalue weighted by Gasteiger charge is 2.22. The Bertz CT molecular complexity index is 762. The predicted octanol–water partition coefficient (Wildman–Crippen LogP) is 3.64.